The normalized spacial score (nSPS) is 11.5. The van der Waals surface area contributed by atoms with Crippen LogP contribution in [0.15, 0.2) is 52.2 Å². The summed E-state index contributed by atoms with van der Waals surface area (Å²) in [5.74, 6) is 2.80. The molecule has 0 bridgehead atoms. The summed E-state index contributed by atoms with van der Waals surface area (Å²) in [4.78, 5) is 12.1. The highest BCUT2D eigenvalue weighted by atomic mass is 127. The lowest BCUT2D eigenvalue weighted by atomic mass is 10.1. The molecule has 3 aromatic heterocycles. The minimum atomic E-state index is 0. The van der Waals surface area contributed by atoms with E-state index in [9.17, 15) is 0 Å². The SMILES string of the molecule is CN=C(NCCc1nc(-c2ccco2)n[nH]1)NCCc1c[nH]c2cc(C)ccc12.I. The van der Waals surface area contributed by atoms with E-state index in [1.807, 2.05) is 12.1 Å². The van der Waals surface area contributed by atoms with Crippen LogP contribution in [-0.2, 0) is 12.8 Å². The third-order valence-corrected chi connectivity index (χ3v) is 4.76. The number of benzene rings is 1. The minimum Gasteiger partial charge on any atom is -0.461 e. The summed E-state index contributed by atoms with van der Waals surface area (Å²) in [6, 6.07) is 10.2. The number of hydrogen-bond donors (Lipinski definition) is 4. The second-order valence-corrected chi connectivity index (χ2v) is 6.87. The number of guanidine groups is 1. The van der Waals surface area contributed by atoms with Crippen LogP contribution in [0.4, 0.5) is 0 Å². The molecule has 9 heteroatoms. The molecule has 0 amide bonds. The number of nitrogens with zero attached hydrogens (tertiary/aromatic N) is 3. The average Bonchev–Trinajstić information content (AvgIpc) is 3.47. The number of hydrogen-bond acceptors (Lipinski definition) is 4. The summed E-state index contributed by atoms with van der Waals surface area (Å²) < 4.78 is 5.31. The Balaban J connectivity index is 0.00000256. The molecule has 158 valence electrons. The largest absolute Gasteiger partial charge is 0.461 e. The van der Waals surface area contributed by atoms with Crippen molar-refractivity contribution in [3.63, 3.8) is 0 Å². The van der Waals surface area contributed by atoms with E-state index in [-0.39, 0.29) is 24.0 Å². The van der Waals surface area contributed by atoms with Crippen LogP contribution < -0.4 is 10.6 Å². The fraction of sp³-hybridized carbons (Fsp3) is 0.286. The molecule has 0 atom stereocenters. The van der Waals surface area contributed by atoms with E-state index in [0.717, 1.165) is 24.7 Å². The van der Waals surface area contributed by atoms with Gasteiger partial charge in [0.25, 0.3) is 0 Å². The zero-order chi connectivity index (χ0) is 20.1. The van der Waals surface area contributed by atoms with Gasteiger partial charge in [-0.2, -0.15) is 5.10 Å². The predicted molar refractivity (Wildman–Crippen MR) is 129 cm³/mol. The molecule has 0 saturated carbocycles. The zero-order valence-corrected chi connectivity index (χ0v) is 19.4. The molecular formula is C21H26IN7O. The maximum absolute atomic E-state index is 5.31. The molecule has 30 heavy (non-hydrogen) atoms. The summed E-state index contributed by atoms with van der Waals surface area (Å²) >= 11 is 0. The van der Waals surface area contributed by atoms with Crippen molar-refractivity contribution in [2.45, 2.75) is 19.8 Å². The average molecular weight is 519 g/mol. The van der Waals surface area contributed by atoms with Crippen LogP contribution in [-0.4, -0.2) is 46.3 Å². The molecule has 0 aliphatic carbocycles. The van der Waals surface area contributed by atoms with Crippen molar-refractivity contribution in [1.82, 2.24) is 30.8 Å². The van der Waals surface area contributed by atoms with E-state index in [2.05, 4.69) is 67.1 Å². The number of fused-ring (bicyclic) bond motifs is 1. The molecular weight excluding hydrogens is 493 g/mol. The number of aliphatic imine (C=N–C) groups is 1. The number of nitrogens with one attached hydrogen (secondary N) is 4. The van der Waals surface area contributed by atoms with Gasteiger partial charge in [-0.15, -0.1) is 24.0 Å². The maximum atomic E-state index is 5.31. The maximum Gasteiger partial charge on any atom is 0.216 e. The molecule has 0 spiro atoms. The molecule has 0 saturated heterocycles. The molecule has 0 unspecified atom stereocenters. The fourth-order valence-corrected chi connectivity index (χ4v) is 3.27. The van der Waals surface area contributed by atoms with Gasteiger partial charge in [-0.25, -0.2) is 4.98 Å². The Morgan fingerprint density at radius 1 is 1.17 bits per heavy atom. The molecule has 4 N–H and O–H groups in total. The molecule has 4 rings (SSSR count). The van der Waals surface area contributed by atoms with Gasteiger partial charge in [-0.05, 0) is 42.7 Å². The third-order valence-electron chi connectivity index (χ3n) is 4.76. The summed E-state index contributed by atoms with van der Waals surface area (Å²) in [7, 11) is 1.77. The highest BCUT2D eigenvalue weighted by molar-refractivity contribution is 14.0. The van der Waals surface area contributed by atoms with E-state index in [1.54, 1.807) is 13.3 Å². The van der Waals surface area contributed by atoms with Crippen molar-refractivity contribution in [3.05, 3.63) is 59.7 Å². The zero-order valence-electron chi connectivity index (χ0n) is 17.0. The molecule has 4 aromatic rings. The van der Waals surface area contributed by atoms with Crippen molar-refractivity contribution < 1.29 is 4.42 Å². The van der Waals surface area contributed by atoms with Gasteiger partial charge in [0.2, 0.25) is 5.82 Å². The lowest BCUT2D eigenvalue weighted by Crippen LogP contribution is -2.39. The third kappa shape index (κ3) is 5.21. The lowest BCUT2D eigenvalue weighted by Gasteiger charge is -2.11. The van der Waals surface area contributed by atoms with Gasteiger partial charge in [0.1, 0.15) is 5.82 Å². The summed E-state index contributed by atoms with van der Waals surface area (Å²) in [5.41, 5.74) is 3.75. The molecule has 0 radical (unpaired) electrons. The van der Waals surface area contributed by atoms with E-state index >= 15 is 0 Å². The minimum absolute atomic E-state index is 0. The van der Waals surface area contributed by atoms with Crippen molar-refractivity contribution >= 4 is 40.8 Å². The van der Waals surface area contributed by atoms with Crippen LogP contribution in [0.5, 0.6) is 0 Å². The first kappa shape index (κ1) is 21.9. The van der Waals surface area contributed by atoms with Gasteiger partial charge in [-0.1, -0.05) is 12.1 Å². The van der Waals surface area contributed by atoms with Crippen LogP contribution in [0.25, 0.3) is 22.5 Å². The van der Waals surface area contributed by atoms with Gasteiger partial charge in [-0.3, -0.25) is 10.1 Å². The van der Waals surface area contributed by atoms with Gasteiger partial charge >= 0.3 is 0 Å². The molecule has 0 aliphatic rings. The first-order valence-corrected chi connectivity index (χ1v) is 9.69. The Morgan fingerprint density at radius 3 is 2.77 bits per heavy atom. The highest BCUT2D eigenvalue weighted by Gasteiger charge is 2.08. The number of furan rings is 1. The van der Waals surface area contributed by atoms with Crippen molar-refractivity contribution in [3.8, 4) is 11.6 Å². The Labute approximate surface area is 192 Å². The lowest BCUT2D eigenvalue weighted by molar-refractivity contribution is 0.577. The number of aromatic amines is 2. The Hall–Kier alpha value is -2.82. The number of aromatic nitrogens is 4. The Bertz CT molecular complexity index is 1100. The summed E-state index contributed by atoms with van der Waals surface area (Å²) in [6.45, 7) is 3.60. The van der Waals surface area contributed by atoms with Gasteiger partial charge in [0.15, 0.2) is 11.7 Å². The monoisotopic (exact) mass is 519 g/mol. The number of aryl methyl sites for hydroxylation is 1. The van der Waals surface area contributed by atoms with Crippen LogP contribution >= 0.6 is 24.0 Å². The van der Waals surface area contributed by atoms with Crippen LogP contribution in [0.3, 0.4) is 0 Å². The molecule has 3 heterocycles. The summed E-state index contributed by atoms with van der Waals surface area (Å²) in [6.07, 6.45) is 5.32. The first-order valence-electron chi connectivity index (χ1n) is 9.69. The van der Waals surface area contributed by atoms with E-state index < -0.39 is 0 Å². The standard InChI is InChI=1S/C21H25N7O.HI/c1-14-5-6-16-15(13-25-17(16)12-14)7-9-23-21(22-2)24-10-8-19-26-20(28-27-19)18-4-3-11-29-18;/h3-6,11-13,25H,7-10H2,1-2H3,(H2,22,23,24)(H,26,27,28);1H. The topological polar surface area (TPSA) is 107 Å². The first-order chi connectivity index (χ1) is 14.2. The fourth-order valence-electron chi connectivity index (χ4n) is 3.27. The quantitative estimate of drug-likeness (QED) is 0.170. The molecule has 0 aliphatic heterocycles. The highest BCUT2D eigenvalue weighted by Crippen LogP contribution is 2.19. The molecule has 0 fully saturated rings. The number of halogens is 1. The van der Waals surface area contributed by atoms with E-state index in [4.69, 9.17) is 4.42 Å². The van der Waals surface area contributed by atoms with Gasteiger partial charge in [0, 0.05) is 43.7 Å². The van der Waals surface area contributed by atoms with Gasteiger partial charge in [0.05, 0.1) is 6.26 Å². The van der Waals surface area contributed by atoms with Crippen LogP contribution in [0, 0.1) is 6.92 Å². The Morgan fingerprint density at radius 2 is 2.00 bits per heavy atom. The number of H-pyrrole nitrogens is 2. The van der Waals surface area contributed by atoms with Crippen LogP contribution in [0.1, 0.15) is 17.0 Å². The second-order valence-electron chi connectivity index (χ2n) is 6.87. The van der Waals surface area contributed by atoms with Crippen LogP contribution in [0.2, 0.25) is 0 Å². The van der Waals surface area contributed by atoms with Crippen molar-refractivity contribution in [2.24, 2.45) is 4.99 Å². The van der Waals surface area contributed by atoms with E-state index in [0.29, 0.717) is 24.6 Å². The van der Waals surface area contributed by atoms with Gasteiger partial charge < -0.3 is 20.0 Å². The second kappa shape index (κ2) is 10.3. The predicted octanol–water partition coefficient (Wildman–Crippen LogP) is 3.42. The van der Waals surface area contributed by atoms with Crippen molar-refractivity contribution in [1.29, 1.82) is 0 Å². The Kier molecular flexibility index (Phi) is 7.50. The molecule has 1 aromatic carbocycles. The summed E-state index contributed by atoms with van der Waals surface area (Å²) in [5, 5.41) is 15.1. The molecule has 8 nitrogen and oxygen atoms in total. The van der Waals surface area contributed by atoms with Crippen molar-refractivity contribution in [2.75, 3.05) is 20.1 Å². The van der Waals surface area contributed by atoms with E-state index in [1.165, 1.54) is 22.0 Å². The smallest absolute Gasteiger partial charge is 0.216 e. The number of rotatable bonds is 7.